The molecular formula is C13H14N6O2S2. The van der Waals surface area contributed by atoms with Crippen molar-refractivity contribution in [3.05, 3.63) is 41.7 Å². The van der Waals surface area contributed by atoms with E-state index in [1.165, 1.54) is 11.8 Å². The Labute approximate surface area is 137 Å². The average molecular weight is 350 g/mol. The summed E-state index contributed by atoms with van der Waals surface area (Å²) in [5, 5.41) is 16.3. The number of hydrogen-bond acceptors (Lipinski definition) is 7. The summed E-state index contributed by atoms with van der Waals surface area (Å²) < 4.78 is 26.1. The first kappa shape index (κ1) is 15.7. The van der Waals surface area contributed by atoms with Crippen LogP contribution in [0, 0.1) is 13.8 Å². The van der Waals surface area contributed by atoms with E-state index in [0.29, 0.717) is 16.5 Å². The second-order valence-electron chi connectivity index (χ2n) is 4.92. The zero-order valence-corrected chi connectivity index (χ0v) is 14.3. The number of rotatable bonds is 4. The minimum absolute atomic E-state index is 0.537. The van der Waals surface area contributed by atoms with E-state index in [0.717, 1.165) is 20.9 Å². The maximum atomic E-state index is 11.8. The Morgan fingerprint density at radius 2 is 1.83 bits per heavy atom. The van der Waals surface area contributed by atoms with Gasteiger partial charge in [0.2, 0.25) is 5.16 Å². The molecule has 0 aliphatic heterocycles. The molecule has 0 saturated heterocycles. The molecular weight excluding hydrogens is 336 g/mol. The van der Waals surface area contributed by atoms with Crippen molar-refractivity contribution in [2.75, 3.05) is 6.26 Å². The van der Waals surface area contributed by atoms with Crippen molar-refractivity contribution in [1.29, 1.82) is 0 Å². The number of para-hydroxylation sites is 1. The van der Waals surface area contributed by atoms with Gasteiger partial charge >= 0.3 is 0 Å². The van der Waals surface area contributed by atoms with Crippen molar-refractivity contribution in [3.63, 3.8) is 0 Å². The lowest BCUT2D eigenvalue weighted by Gasteiger charge is -2.04. The Bertz CT molecular complexity index is 946. The van der Waals surface area contributed by atoms with Gasteiger partial charge in [0.1, 0.15) is 0 Å². The maximum absolute atomic E-state index is 11.8. The van der Waals surface area contributed by atoms with E-state index < -0.39 is 10.0 Å². The molecule has 3 rings (SSSR count). The normalized spacial score (nSPS) is 11.8. The van der Waals surface area contributed by atoms with Crippen LogP contribution >= 0.6 is 11.8 Å². The largest absolute Gasteiger partial charge is 0.251 e. The lowest BCUT2D eigenvalue weighted by Crippen LogP contribution is -2.13. The van der Waals surface area contributed by atoms with Crippen LogP contribution < -0.4 is 0 Å². The highest BCUT2D eigenvalue weighted by Crippen LogP contribution is 2.32. The second kappa shape index (κ2) is 5.78. The molecule has 0 unspecified atom stereocenters. The van der Waals surface area contributed by atoms with Crippen LogP contribution in [0.25, 0.3) is 5.69 Å². The molecule has 0 aliphatic rings. The van der Waals surface area contributed by atoms with Crippen LogP contribution in [0.1, 0.15) is 11.4 Å². The van der Waals surface area contributed by atoms with Crippen LogP contribution in [0.15, 0.2) is 40.4 Å². The summed E-state index contributed by atoms with van der Waals surface area (Å²) in [4.78, 5) is 0.724. The highest BCUT2D eigenvalue weighted by molar-refractivity contribution is 7.99. The average Bonchev–Trinajstić information content (AvgIpc) is 3.07. The number of nitrogens with zero attached hydrogens (tertiary/aromatic N) is 6. The fraction of sp³-hybridized carbons (Fsp3) is 0.231. The molecule has 2 heterocycles. The summed E-state index contributed by atoms with van der Waals surface area (Å²) >= 11 is 1.28. The SMILES string of the molecule is Cc1nn(S(C)(=O)=O)c(C)c1Sc1nnnn1-c1ccccc1. The summed E-state index contributed by atoms with van der Waals surface area (Å²) in [6, 6.07) is 9.47. The highest BCUT2D eigenvalue weighted by Gasteiger charge is 2.21. The van der Waals surface area contributed by atoms with Gasteiger partial charge in [0.05, 0.1) is 28.2 Å². The van der Waals surface area contributed by atoms with E-state index in [1.807, 2.05) is 30.3 Å². The molecule has 0 aliphatic carbocycles. The first-order chi connectivity index (χ1) is 10.9. The van der Waals surface area contributed by atoms with Crippen molar-refractivity contribution in [1.82, 2.24) is 29.4 Å². The highest BCUT2D eigenvalue weighted by atomic mass is 32.2. The van der Waals surface area contributed by atoms with E-state index in [1.54, 1.807) is 18.5 Å². The molecule has 3 aromatic rings. The van der Waals surface area contributed by atoms with Gasteiger partial charge < -0.3 is 0 Å². The summed E-state index contributed by atoms with van der Waals surface area (Å²) in [7, 11) is -3.44. The fourth-order valence-electron chi connectivity index (χ4n) is 2.14. The number of hydrogen-bond donors (Lipinski definition) is 0. The zero-order valence-electron chi connectivity index (χ0n) is 12.7. The third-order valence-corrected chi connectivity index (χ3v) is 5.35. The summed E-state index contributed by atoms with van der Waals surface area (Å²) in [5.41, 5.74) is 1.98. The van der Waals surface area contributed by atoms with Gasteiger partial charge in [-0.2, -0.15) is 13.9 Å². The Morgan fingerprint density at radius 3 is 2.43 bits per heavy atom. The zero-order chi connectivity index (χ0) is 16.6. The van der Waals surface area contributed by atoms with Crippen LogP contribution in [-0.4, -0.2) is 44.1 Å². The number of aromatic nitrogens is 6. The fourth-order valence-corrected chi connectivity index (χ4v) is 3.97. The molecule has 0 spiro atoms. The van der Waals surface area contributed by atoms with Gasteiger partial charge in [-0.3, -0.25) is 0 Å². The molecule has 0 amide bonds. The van der Waals surface area contributed by atoms with E-state index >= 15 is 0 Å². The molecule has 0 radical (unpaired) electrons. The van der Waals surface area contributed by atoms with Gasteiger partial charge in [0.15, 0.2) is 0 Å². The Hall–Kier alpha value is -2.20. The quantitative estimate of drug-likeness (QED) is 0.702. The molecule has 0 N–H and O–H groups in total. The minimum atomic E-state index is -3.44. The summed E-state index contributed by atoms with van der Waals surface area (Å²) in [5.74, 6) is 0. The van der Waals surface area contributed by atoms with Crippen LogP contribution in [0.3, 0.4) is 0 Å². The number of tetrazole rings is 1. The smallest absolute Gasteiger partial charge is 0.205 e. The molecule has 0 fully saturated rings. The lowest BCUT2D eigenvalue weighted by atomic mass is 10.3. The van der Waals surface area contributed by atoms with Crippen molar-refractivity contribution in [2.24, 2.45) is 0 Å². The van der Waals surface area contributed by atoms with Gasteiger partial charge in [-0.1, -0.05) is 18.2 Å². The molecule has 23 heavy (non-hydrogen) atoms. The molecule has 2 aromatic heterocycles. The molecule has 10 heteroatoms. The Balaban J connectivity index is 2.02. The van der Waals surface area contributed by atoms with E-state index in [4.69, 9.17) is 0 Å². The van der Waals surface area contributed by atoms with Gasteiger partial charge in [0.25, 0.3) is 10.0 Å². The van der Waals surface area contributed by atoms with Crippen LogP contribution in [0.5, 0.6) is 0 Å². The standard InChI is InChI=1S/C13H14N6O2S2/c1-9-12(10(2)19(15-9)23(3,20)21)22-13-14-16-17-18(13)11-7-5-4-6-8-11/h4-8H,1-3H3. The lowest BCUT2D eigenvalue weighted by molar-refractivity contribution is 0.584. The van der Waals surface area contributed by atoms with Crippen molar-refractivity contribution in [3.8, 4) is 5.69 Å². The molecule has 0 saturated carbocycles. The number of benzene rings is 1. The number of aryl methyl sites for hydroxylation is 1. The Morgan fingerprint density at radius 1 is 1.13 bits per heavy atom. The van der Waals surface area contributed by atoms with E-state index in [-0.39, 0.29) is 0 Å². The third kappa shape index (κ3) is 2.99. The van der Waals surface area contributed by atoms with Gasteiger partial charge in [0, 0.05) is 0 Å². The molecule has 8 nitrogen and oxygen atoms in total. The van der Waals surface area contributed by atoms with Crippen LogP contribution in [0.2, 0.25) is 0 Å². The monoisotopic (exact) mass is 350 g/mol. The minimum Gasteiger partial charge on any atom is -0.205 e. The summed E-state index contributed by atoms with van der Waals surface area (Å²) in [6.07, 6.45) is 1.12. The molecule has 0 atom stereocenters. The molecule has 1 aromatic carbocycles. The molecule has 120 valence electrons. The van der Waals surface area contributed by atoms with Crippen LogP contribution in [-0.2, 0) is 10.0 Å². The maximum Gasteiger partial charge on any atom is 0.251 e. The summed E-state index contributed by atoms with van der Waals surface area (Å²) in [6.45, 7) is 3.47. The molecule has 0 bridgehead atoms. The first-order valence-electron chi connectivity index (χ1n) is 6.66. The Kier molecular flexibility index (Phi) is 3.94. The van der Waals surface area contributed by atoms with Gasteiger partial charge in [-0.25, -0.2) is 8.42 Å². The van der Waals surface area contributed by atoms with Crippen molar-refractivity contribution >= 4 is 21.8 Å². The van der Waals surface area contributed by atoms with E-state index in [9.17, 15) is 8.42 Å². The predicted molar refractivity (Wildman–Crippen MR) is 85.2 cm³/mol. The first-order valence-corrected chi connectivity index (χ1v) is 9.33. The predicted octanol–water partition coefficient (Wildman–Crippen LogP) is 1.43. The van der Waals surface area contributed by atoms with Gasteiger partial charge in [-0.05, 0) is 48.2 Å². The third-order valence-electron chi connectivity index (χ3n) is 3.13. The van der Waals surface area contributed by atoms with E-state index in [2.05, 4.69) is 20.6 Å². The van der Waals surface area contributed by atoms with Gasteiger partial charge in [-0.15, -0.1) is 5.10 Å². The van der Waals surface area contributed by atoms with Crippen molar-refractivity contribution < 1.29 is 8.42 Å². The van der Waals surface area contributed by atoms with Crippen LogP contribution in [0.4, 0.5) is 0 Å². The van der Waals surface area contributed by atoms with Crippen molar-refractivity contribution in [2.45, 2.75) is 23.9 Å². The topological polar surface area (TPSA) is 95.6 Å². The second-order valence-corrected chi connectivity index (χ2v) is 7.71.